The third-order valence-corrected chi connectivity index (χ3v) is 4.49. The van der Waals surface area contributed by atoms with Gasteiger partial charge in [0, 0.05) is 12.5 Å². The normalized spacial score (nSPS) is 11.8. The lowest BCUT2D eigenvalue weighted by Crippen LogP contribution is -2.03. The first-order valence-corrected chi connectivity index (χ1v) is 8.32. The third-order valence-electron chi connectivity index (χ3n) is 3.08. The summed E-state index contributed by atoms with van der Waals surface area (Å²) in [4.78, 5) is 5.93. The number of rotatable bonds is 5. The predicted molar refractivity (Wildman–Crippen MR) is 86.8 cm³/mol. The van der Waals surface area contributed by atoms with Crippen LogP contribution >= 0.6 is 23.6 Å². The Bertz CT molecular complexity index is 634. The van der Waals surface area contributed by atoms with Gasteiger partial charge in [-0.15, -0.1) is 11.3 Å². The van der Waals surface area contributed by atoms with E-state index in [-0.39, 0.29) is 6.04 Å². The number of aromatic nitrogens is 4. The summed E-state index contributed by atoms with van der Waals surface area (Å²) >= 11 is 7.08. The van der Waals surface area contributed by atoms with Crippen LogP contribution in [-0.4, -0.2) is 19.7 Å². The fraction of sp³-hybridized carbons (Fsp3) is 0.643. The number of nitrogens with zero attached hydrogens (tertiary/aromatic N) is 3. The van der Waals surface area contributed by atoms with Crippen LogP contribution < -0.4 is 0 Å². The van der Waals surface area contributed by atoms with Crippen molar-refractivity contribution in [2.45, 2.75) is 53.5 Å². The number of aryl methyl sites for hydroxylation is 1. The lowest BCUT2D eigenvalue weighted by atomic mass is 10.1. The van der Waals surface area contributed by atoms with E-state index in [9.17, 15) is 0 Å². The third kappa shape index (κ3) is 3.01. The first-order valence-electron chi connectivity index (χ1n) is 7.09. The van der Waals surface area contributed by atoms with Crippen LogP contribution in [0.15, 0.2) is 0 Å². The minimum absolute atomic E-state index is 0.289. The van der Waals surface area contributed by atoms with Crippen LogP contribution in [0.2, 0.25) is 0 Å². The fourth-order valence-corrected chi connectivity index (χ4v) is 3.89. The summed E-state index contributed by atoms with van der Waals surface area (Å²) in [5.41, 5.74) is 1.13. The van der Waals surface area contributed by atoms with Crippen molar-refractivity contribution in [3.8, 4) is 10.7 Å². The topological polar surface area (TPSA) is 46.5 Å². The number of thiazole rings is 1. The molecule has 2 aromatic rings. The maximum Gasteiger partial charge on any atom is 0.195 e. The molecule has 0 aliphatic rings. The smallest absolute Gasteiger partial charge is 0.195 e. The van der Waals surface area contributed by atoms with Crippen LogP contribution in [0.25, 0.3) is 10.7 Å². The number of hydrogen-bond donors (Lipinski definition) is 1. The Balaban J connectivity index is 2.52. The SMILES string of the molecule is CCc1nc(CC(C)C)sc1-c1n[nH]c(=S)n1C(C)C. The van der Waals surface area contributed by atoms with Crippen LogP contribution in [0.5, 0.6) is 0 Å². The Morgan fingerprint density at radius 2 is 2.00 bits per heavy atom. The van der Waals surface area contributed by atoms with Gasteiger partial charge < -0.3 is 0 Å². The fourth-order valence-electron chi connectivity index (χ4n) is 2.20. The monoisotopic (exact) mass is 310 g/mol. The van der Waals surface area contributed by atoms with Gasteiger partial charge in [0.25, 0.3) is 0 Å². The molecule has 2 rings (SSSR count). The molecule has 0 saturated carbocycles. The predicted octanol–water partition coefficient (Wildman–Crippen LogP) is 4.41. The number of H-pyrrole nitrogens is 1. The Labute approximate surface area is 129 Å². The molecule has 0 aliphatic carbocycles. The number of hydrogen-bond acceptors (Lipinski definition) is 4. The zero-order valence-corrected chi connectivity index (χ0v) is 14.4. The highest BCUT2D eigenvalue weighted by Crippen LogP contribution is 2.32. The number of nitrogens with one attached hydrogen (secondary N) is 1. The molecule has 4 nitrogen and oxygen atoms in total. The highest BCUT2D eigenvalue weighted by atomic mass is 32.1. The van der Waals surface area contributed by atoms with Crippen molar-refractivity contribution < 1.29 is 0 Å². The second-order valence-electron chi connectivity index (χ2n) is 5.65. The molecule has 0 saturated heterocycles. The molecule has 0 atom stereocenters. The summed E-state index contributed by atoms with van der Waals surface area (Å²) in [7, 11) is 0. The maximum absolute atomic E-state index is 5.33. The van der Waals surface area contributed by atoms with Gasteiger partial charge in [0.15, 0.2) is 10.6 Å². The van der Waals surface area contributed by atoms with Crippen molar-refractivity contribution >= 4 is 23.6 Å². The maximum atomic E-state index is 5.33. The second kappa shape index (κ2) is 6.18. The first-order chi connectivity index (χ1) is 9.43. The molecule has 1 N–H and O–H groups in total. The Morgan fingerprint density at radius 1 is 1.30 bits per heavy atom. The van der Waals surface area contributed by atoms with Gasteiger partial charge in [-0.3, -0.25) is 9.67 Å². The van der Waals surface area contributed by atoms with Gasteiger partial charge in [-0.1, -0.05) is 20.8 Å². The molecule has 0 aromatic carbocycles. The van der Waals surface area contributed by atoms with E-state index >= 15 is 0 Å². The van der Waals surface area contributed by atoms with Crippen molar-refractivity contribution in [3.63, 3.8) is 0 Å². The van der Waals surface area contributed by atoms with Crippen molar-refractivity contribution in [1.29, 1.82) is 0 Å². The van der Waals surface area contributed by atoms with E-state index < -0.39 is 0 Å². The number of aromatic amines is 1. The van der Waals surface area contributed by atoms with Gasteiger partial charge in [0.2, 0.25) is 0 Å². The molecule has 2 aromatic heterocycles. The van der Waals surface area contributed by atoms with Crippen LogP contribution in [-0.2, 0) is 12.8 Å². The quantitative estimate of drug-likeness (QED) is 0.832. The van der Waals surface area contributed by atoms with Gasteiger partial charge in [0.1, 0.15) is 0 Å². The Morgan fingerprint density at radius 3 is 2.55 bits per heavy atom. The molecule has 2 heterocycles. The van der Waals surface area contributed by atoms with Crippen LogP contribution in [0, 0.1) is 10.7 Å². The molecule has 0 bridgehead atoms. The van der Waals surface area contributed by atoms with Crippen LogP contribution in [0.1, 0.15) is 51.4 Å². The minimum Gasteiger partial charge on any atom is -0.297 e. The van der Waals surface area contributed by atoms with Crippen LogP contribution in [0.3, 0.4) is 0 Å². The highest BCUT2D eigenvalue weighted by Gasteiger charge is 2.19. The summed E-state index contributed by atoms with van der Waals surface area (Å²) in [6.07, 6.45) is 1.94. The van der Waals surface area contributed by atoms with E-state index in [0.717, 1.165) is 29.2 Å². The molecule has 0 unspecified atom stereocenters. The molecule has 0 amide bonds. The summed E-state index contributed by atoms with van der Waals surface area (Å²) in [6.45, 7) is 10.8. The van der Waals surface area contributed by atoms with Gasteiger partial charge >= 0.3 is 0 Å². The van der Waals surface area contributed by atoms with E-state index in [2.05, 4.69) is 49.4 Å². The summed E-state index contributed by atoms with van der Waals surface area (Å²) in [5, 5.41) is 8.53. The van der Waals surface area contributed by atoms with Gasteiger partial charge in [-0.2, -0.15) is 5.10 Å². The summed E-state index contributed by atoms with van der Waals surface area (Å²) in [6, 6.07) is 0.289. The summed E-state index contributed by atoms with van der Waals surface area (Å²) in [5.74, 6) is 1.54. The molecule has 0 radical (unpaired) electrons. The molecule has 0 aliphatic heterocycles. The lowest BCUT2D eigenvalue weighted by Gasteiger charge is -2.09. The zero-order valence-electron chi connectivity index (χ0n) is 12.7. The van der Waals surface area contributed by atoms with E-state index in [1.807, 2.05) is 0 Å². The van der Waals surface area contributed by atoms with Gasteiger partial charge in [0.05, 0.1) is 15.6 Å². The van der Waals surface area contributed by atoms with Crippen LogP contribution in [0.4, 0.5) is 0 Å². The Kier molecular flexibility index (Phi) is 4.75. The first kappa shape index (κ1) is 15.4. The largest absolute Gasteiger partial charge is 0.297 e. The average molecular weight is 310 g/mol. The summed E-state index contributed by atoms with van der Waals surface area (Å²) < 4.78 is 2.75. The standard InChI is InChI=1S/C14H22N4S2/c1-6-10-12(20-11(15-10)7-8(2)3)13-16-17-14(19)18(13)9(4)5/h8-9H,6-7H2,1-5H3,(H,17,19). The van der Waals surface area contributed by atoms with Crippen molar-refractivity contribution in [3.05, 3.63) is 15.5 Å². The molecule has 20 heavy (non-hydrogen) atoms. The van der Waals surface area contributed by atoms with Crippen molar-refractivity contribution in [1.82, 2.24) is 19.7 Å². The molecule has 0 spiro atoms. The molecular weight excluding hydrogens is 288 g/mol. The molecular formula is C14H22N4S2. The van der Waals surface area contributed by atoms with E-state index in [4.69, 9.17) is 17.2 Å². The molecule has 0 fully saturated rings. The van der Waals surface area contributed by atoms with E-state index in [0.29, 0.717) is 10.7 Å². The lowest BCUT2D eigenvalue weighted by molar-refractivity contribution is 0.597. The molecule has 6 heteroatoms. The van der Waals surface area contributed by atoms with E-state index in [1.54, 1.807) is 11.3 Å². The second-order valence-corrected chi connectivity index (χ2v) is 7.12. The average Bonchev–Trinajstić information content (AvgIpc) is 2.91. The van der Waals surface area contributed by atoms with E-state index in [1.165, 1.54) is 5.01 Å². The minimum atomic E-state index is 0.289. The van der Waals surface area contributed by atoms with Crippen molar-refractivity contribution in [2.75, 3.05) is 0 Å². The zero-order chi connectivity index (χ0) is 14.9. The molecule has 110 valence electrons. The highest BCUT2D eigenvalue weighted by molar-refractivity contribution is 7.71. The van der Waals surface area contributed by atoms with Crippen molar-refractivity contribution in [2.24, 2.45) is 5.92 Å². The van der Waals surface area contributed by atoms with Gasteiger partial charge in [-0.25, -0.2) is 4.98 Å². The van der Waals surface area contributed by atoms with Gasteiger partial charge in [-0.05, 0) is 38.4 Å². The Hall–Kier alpha value is -1.01.